The van der Waals surface area contributed by atoms with E-state index in [1.165, 1.54) is 11.8 Å². The number of aromatic nitrogens is 2. The zero-order chi connectivity index (χ0) is 21.8. The number of rotatable bonds is 7. The highest BCUT2D eigenvalue weighted by Crippen LogP contribution is 2.27. The molecule has 6 nitrogen and oxygen atoms in total. The number of thioether (sulfide) groups is 1. The van der Waals surface area contributed by atoms with Crippen molar-refractivity contribution in [2.24, 2.45) is 0 Å². The quantitative estimate of drug-likeness (QED) is 0.411. The molecule has 0 radical (unpaired) electrons. The van der Waals surface area contributed by atoms with E-state index >= 15 is 0 Å². The maximum atomic E-state index is 13.3. The number of para-hydroxylation sites is 2. The van der Waals surface area contributed by atoms with E-state index in [4.69, 9.17) is 9.72 Å². The fourth-order valence-corrected chi connectivity index (χ4v) is 4.87. The highest BCUT2D eigenvalue weighted by Gasteiger charge is 2.26. The van der Waals surface area contributed by atoms with Gasteiger partial charge in [-0.3, -0.25) is 14.2 Å². The van der Waals surface area contributed by atoms with Crippen LogP contribution in [0.2, 0.25) is 0 Å². The number of nitrogens with zero attached hydrogens (tertiary/aromatic N) is 3. The fraction of sp³-hybridized carbons (Fsp3) is 0.375. The average molecular weight is 438 g/mol. The monoisotopic (exact) mass is 437 g/mol. The zero-order valence-corrected chi connectivity index (χ0v) is 18.7. The van der Waals surface area contributed by atoms with Crippen LogP contribution in [-0.4, -0.2) is 40.0 Å². The van der Waals surface area contributed by atoms with E-state index in [9.17, 15) is 9.59 Å². The summed E-state index contributed by atoms with van der Waals surface area (Å²) in [7, 11) is 0. The Bertz CT molecular complexity index is 1110. The van der Waals surface area contributed by atoms with E-state index < -0.39 is 5.25 Å². The number of amides is 1. The van der Waals surface area contributed by atoms with Crippen LogP contribution in [0.1, 0.15) is 26.7 Å². The molecular formula is C24H27N3O3S. The summed E-state index contributed by atoms with van der Waals surface area (Å²) >= 11 is 1.33. The summed E-state index contributed by atoms with van der Waals surface area (Å²) < 4.78 is 7.46. The molecule has 0 bridgehead atoms. The van der Waals surface area contributed by atoms with Gasteiger partial charge in [0.2, 0.25) is 5.91 Å². The van der Waals surface area contributed by atoms with Gasteiger partial charge in [-0.05, 0) is 51.0 Å². The molecule has 1 saturated heterocycles. The number of fused-ring (bicyclic) bond motifs is 1. The average Bonchev–Trinajstić information content (AvgIpc) is 3.31. The highest BCUT2D eigenvalue weighted by molar-refractivity contribution is 8.00. The van der Waals surface area contributed by atoms with Crippen LogP contribution in [0.5, 0.6) is 0 Å². The number of carbonyl (C=O) groups excluding carboxylic acids is 1. The molecule has 0 spiro atoms. The lowest BCUT2D eigenvalue weighted by Crippen LogP contribution is -2.37. The van der Waals surface area contributed by atoms with Gasteiger partial charge < -0.3 is 9.64 Å². The van der Waals surface area contributed by atoms with Crippen molar-refractivity contribution in [2.45, 2.75) is 49.7 Å². The van der Waals surface area contributed by atoms with Gasteiger partial charge in [0.15, 0.2) is 5.16 Å². The Morgan fingerprint density at radius 1 is 1.23 bits per heavy atom. The molecule has 1 aliphatic heterocycles. The Kier molecular flexibility index (Phi) is 6.73. The van der Waals surface area contributed by atoms with Crippen molar-refractivity contribution in [1.82, 2.24) is 9.55 Å². The standard InChI is InChI=1S/C24H27N3O3S/c1-3-26(18-10-5-4-6-11-18)22(28)17(2)31-24-25-21-14-8-7-13-20(21)23(29)27(24)16-19-12-9-15-30-19/h4-8,10-11,13-14,17,19H,3,9,12,15-16H2,1-2H3/t17-,19-/m1/s1. The topological polar surface area (TPSA) is 64.4 Å². The van der Waals surface area contributed by atoms with Crippen molar-refractivity contribution in [3.8, 4) is 0 Å². The molecule has 1 fully saturated rings. The Balaban J connectivity index is 1.66. The Morgan fingerprint density at radius 3 is 2.68 bits per heavy atom. The molecule has 3 aromatic rings. The minimum absolute atomic E-state index is 0.00230. The summed E-state index contributed by atoms with van der Waals surface area (Å²) in [4.78, 5) is 33.0. The van der Waals surface area contributed by atoms with Crippen LogP contribution < -0.4 is 10.5 Å². The molecule has 4 rings (SSSR count). The number of benzene rings is 2. The smallest absolute Gasteiger partial charge is 0.262 e. The van der Waals surface area contributed by atoms with Gasteiger partial charge in [-0.1, -0.05) is 42.1 Å². The molecule has 2 heterocycles. The number of hydrogen-bond donors (Lipinski definition) is 0. The van der Waals surface area contributed by atoms with Gasteiger partial charge in [-0.25, -0.2) is 4.98 Å². The van der Waals surface area contributed by atoms with Gasteiger partial charge in [0, 0.05) is 18.8 Å². The van der Waals surface area contributed by atoms with Crippen LogP contribution in [0.25, 0.3) is 10.9 Å². The first-order valence-corrected chi connectivity index (χ1v) is 11.6. The van der Waals surface area contributed by atoms with E-state index in [2.05, 4.69) is 0 Å². The van der Waals surface area contributed by atoms with E-state index in [-0.39, 0.29) is 17.6 Å². The van der Waals surface area contributed by atoms with Crippen molar-refractivity contribution in [1.29, 1.82) is 0 Å². The number of ether oxygens (including phenoxy) is 1. The van der Waals surface area contributed by atoms with Crippen molar-refractivity contribution >= 4 is 34.3 Å². The van der Waals surface area contributed by atoms with Gasteiger partial charge in [0.25, 0.3) is 5.56 Å². The number of anilines is 1. The summed E-state index contributed by atoms with van der Waals surface area (Å²) in [5.41, 5.74) is 1.43. The first-order valence-electron chi connectivity index (χ1n) is 10.7. The predicted octanol–water partition coefficient (Wildman–Crippen LogP) is 4.11. The maximum absolute atomic E-state index is 13.3. The SMILES string of the molecule is CCN(C(=O)[C@@H](C)Sc1nc2ccccc2c(=O)n1C[C@H]1CCCO1)c1ccccc1. The van der Waals surface area contributed by atoms with Gasteiger partial charge in [-0.15, -0.1) is 0 Å². The molecule has 31 heavy (non-hydrogen) atoms. The summed E-state index contributed by atoms with van der Waals surface area (Å²) in [5, 5.41) is 0.747. The molecule has 1 amide bonds. The molecule has 162 valence electrons. The Morgan fingerprint density at radius 2 is 1.97 bits per heavy atom. The molecule has 0 unspecified atom stereocenters. The maximum Gasteiger partial charge on any atom is 0.262 e. The van der Waals surface area contributed by atoms with Gasteiger partial charge in [-0.2, -0.15) is 0 Å². The van der Waals surface area contributed by atoms with Crippen molar-refractivity contribution in [2.75, 3.05) is 18.1 Å². The molecule has 2 atom stereocenters. The third-order valence-corrected chi connectivity index (χ3v) is 6.59. The van der Waals surface area contributed by atoms with Crippen LogP contribution in [0, 0.1) is 0 Å². The summed E-state index contributed by atoms with van der Waals surface area (Å²) in [5.74, 6) is -0.00947. The van der Waals surface area contributed by atoms with Crippen molar-refractivity contribution < 1.29 is 9.53 Å². The Labute approximate surface area is 186 Å². The lowest BCUT2D eigenvalue weighted by atomic mass is 10.2. The second kappa shape index (κ2) is 9.66. The molecule has 0 N–H and O–H groups in total. The zero-order valence-electron chi connectivity index (χ0n) is 17.9. The van der Waals surface area contributed by atoms with Gasteiger partial charge in [0.05, 0.1) is 28.8 Å². The summed E-state index contributed by atoms with van der Waals surface area (Å²) in [6, 6.07) is 17.0. The minimum Gasteiger partial charge on any atom is -0.376 e. The first kappa shape index (κ1) is 21.6. The van der Waals surface area contributed by atoms with E-state index in [1.807, 2.05) is 62.4 Å². The van der Waals surface area contributed by atoms with Crippen molar-refractivity contribution in [3.05, 3.63) is 65.0 Å². The third-order valence-electron chi connectivity index (χ3n) is 5.52. The molecule has 1 aromatic heterocycles. The van der Waals surface area contributed by atoms with Crippen LogP contribution in [0.15, 0.2) is 64.5 Å². The lowest BCUT2D eigenvalue weighted by molar-refractivity contribution is -0.117. The van der Waals surface area contributed by atoms with Crippen LogP contribution >= 0.6 is 11.8 Å². The molecular weight excluding hydrogens is 410 g/mol. The molecule has 2 aromatic carbocycles. The van der Waals surface area contributed by atoms with Crippen LogP contribution in [0.3, 0.4) is 0 Å². The largest absolute Gasteiger partial charge is 0.376 e. The number of hydrogen-bond acceptors (Lipinski definition) is 5. The fourth-order valence-electron chi connectivity index (χ4n) is 3.89. The Hall–Kier alpha value is -2.64. The second-order valence-electron chi connectivity index (χ2n) is 7.64. The van der Waals surface area contributed by atoms with Gasteiger partial charge in [0.1, 0.15) is 0 Å². The van der Waals surface area contributed by atoms with Crippen LogP contribution in [-0.2, 0) is 16.1 Å². The number of carbonyl (C=O) groups is 1. The highest BCUT2D eigenvalue weighted by atomic mass is 32.2. The van der Waals surface area contributed by atoms with Crippen molar-refractivity contribution in [3.63, 3.8) is 0 Å². The minimum atomic E-state index is -0.399. The first-order chi connectivity index (χ1) is 15.1. The summed E-state index contributed by atoms with van der Waals surface area (Å²) in [6.45, 7) is 5.58. The second-order valence-corrected chi connectivity index (χ2v) is 8.95. The van der Waals surface area contributed by atoms with E-state index in [0.717, 1.165) is 25.1 Å². The van der Waals surface area contributed by atoms with Gasteiger partial charge >= 0.3 is 0 Å². The molecule has 7 heteroatoms. The predicted molar refractivity (Wildman–Crippen MR) is 125 cm³/mol. The summed E-state index contributed by atoms with van der Waals surface area (Å²) in [6.07, 6.45) is 1.93. The van der Waals surface area contributed by atoms with E-state index in [0.29, 0.717) is 29.1 Å². The molecule has 1 aliphatic rings. The molecule has 0 aliphatic carbocycles. The van der Waals surface area contributed by atoms with Crippen LogP contribution in [0.4, 0.5) is 5.69 Å². The normalized spacial score (nSPS) is 17.0. The lowest BCUT2D eigenvalue weighted by Gasteiger charge is -2.25. The third kappa shape index (κ3) is 4.67. The molecule has 0 saturated carbocycles. The van der Waals surface area contributed by atoms with E-state index in [1.54, 1.807) is 15.5 Å².